The lowest BCUT2D eigenvalue weighted by atomic mass is 10.1. The van der Waals surface area contributed by atoms with Gasteiger partial charge in [-0.1, -0.05) is 47.2 Å². The molecule has 0 aromatic heterocycles. The Morgan fingerprint density at radius 1 is 1.00 bits per heavy atom. The van der Waals surface area contributed by atoms with Crippen molar-refractivity contribution in [2.75, 3.05) is 0 Å². The maximum absolute atomic E-state index is 5.79. The van der Waals surface area contributed by atoms with E-state index in [0.717, 1.165) is 0 Å². The molecular weight excluding hydrogens is 226 g/mol. The summed E-state index contributed by atoms with van der Waals surface area (Å²) in [5, 5.41) is 0. The van der Waals surface area contributed by atoms with Crippen molar-refractivity contribution in [1.82, 2.24) is 0 Å². The molecule has 88 valence electrons. The minimum atomic E-state index is 0.593. The molecule has 0 aliphatic heterocycles. The van der Waals surface area contributed by atoms with Crippen LogP contribution in [0.15, 0.2) is 52.3 Å². The smallest absolute Gasteiger partial charge is 0.0189 e. The first kappa shape index (κ1) is 12.2. The van der Waals surface area contributed by atoms with Crippen LogP contribution in [0.25, 0.3) is 0 Å². The molecule has 0 heterocycles. The summed E-state index contributed by atoms with van der Waals surface area (Å²) >= 11 is 1.78. The first-order chi connectivity index (χ1) is 8.19. The van der Waals surface area contributed by atoms with Gasteiger partial charge in [0, 0.05) is 16.3 Å². The van der Waals surface area contributed by atoms with Gasteiger partial charge >= 0.3 is 0 Å². The zero-order valence-electron chi connectivity index (χ0n) is 10.2. The number of hydrogen-bond acceptors (Lipinski definition) is 2. The molecule has 0 fully saturated rings. The Kier molecular flexibility index (Phi) is 3.87. The minimum Gasteiger partial charge on any atom is -0.326 e. The zero-order valence-corrected chi connectivity index (χ0v) is 11.1. The van der Waals surface area contributed by atoms with E-state index in [2.05, 4.69) is 56.3 Å². The first-order valence-corrected chi connectivity index (χ1v) is 6.55. The van der Waals surface area contributed by atoms with Gasteiger partial charge in [0.05, 0.1) is 0 Å². The van der Waals surface area contributed by atoms with Crippen molar-refractivity contribution in [3.63, 3.8) is 0 Å². The molecular formula is C15H17NS. The third kappa shape index (κ3) is 3.11. The summed E-state index contributed by atoms with van der Waals surface area (Å²) in [6, 6.07) is 15.0. The summed E-state index contributed by atoms with van der Waals surface area (Å²) in [4.78, 5) is 2.52. The van der Waals surface area contributed by atoms with Gasteiger partial charge in [-0.25, -0.2) is 0 Å². The van der Waals surface area contributed by atoms with Crippen molar-refractivity contribution in [3.05, 3.63) is 59.2 Å². The Hall–Kier alpha value is -1.25. The fourth-order valence-corrected chi connectivity index (χ4v) is 2.83. The highest BCUT2D eigenvalue weighted by atomic mass is 32.2. The molecule has 0 saturated heterocycles. The summed E-state index contributed by atoms with van der Waals surface area (Å²) in [6.07, 6.45) is 0. The molecule has 0 saturated carbocycles. The largest absolute Gasteiger partial charge is 0.326 e. The first-order valence-electron chi connectivity index (χ1n) is 5.73. The molecule has 0 spiro atoms. The topological polar surface area (TPSA) is 26.0 Å². The number of benzene rings is 2. The van der Waals surface area contributed by atoms with E-state index in [-0.39, 0.29) is 0 Å². The van der Waals surface area contributed by atoms with Crippen molar-refractivity contribution < 1.29 is 0 Å². The molecule has 0 bridgehead atoms. The van der Waals surface area contributed by atoms with Crippen molar-refractivity contribution in [2.24, 2.45) is 5.73 Å². The summed E-state index contributed by atoms with van der Waals surface area (Å²) < 4.78 is 0. The highest BCUT2D eigenvalue weighted by Gasteiger charge is 2.03. The lowest BCUT2D eigenvalue weighted by Crippen LogP contribution is -1.98. The highest BCUT2D eigenvalue weighted by Crippen LogP contribution is 2.31. The molecule has 2 aromatic carbocycles. The normalized spacial score (nSPS) is 10.5. The zero-order chi connectivity index (χ0) is 12.3. The lowest BCUT2D eigenvalue weighted by Gasteiger charge is -2.09. The van der Waals surface area contributed by atoms with Crippen LogP contribution < -0.4 is 5.73 Å². The molecule has 2 heteroatoms. The summed E-state index contributed by atoms with van der Waals surface area (Å²) in [6.45, 7) is 4.80. The molecule has 0 atom stereocenters. The Balaban J connectivity index is 2.29. The average Bonchev–Trinajstić information content (AvgIpc) is 2.31. The molecule has 0 unspecified atom stereocenters. The molecule has 1 nitrogen and oxygen atoms in total. The van der Waals surface area contributed by atoms with Crippen LogP contribution in [0.2, 0.25) is 0 Å². The van der Waals surface area contributed by atoms with E-state index in [9.17, 15) is 0 Å². The van der Waals surface area contributed by atoms with E-state index in [1.54, 1.807) is 11.8 Å². The Morgan fingerprint density at radius 2 is 1.76 bits per heavy atom. The fraction of sp³-hybridized carbons (Fsp3) is 0.200. The number of rotatable bonds is 3. The molecule has 2 rings (SSSR count). The van der Waals surface area contributed by atoms with Gasteiger partial charge in [-0.05, 0) is 37.6 Å². The molecule has 0 aliphatic rings. The third-order valence-corrected chi connectivity index (χ3v) is 3.76. The lowest BCUT2D eigenvalue weighted by molar-refractivity contribution is 1.02. The van der Waals surface area contributed by atoms with Gasteiger partial charge in [-0.2, -0.15) is 0 Å². The van der Waals surface area contributed by atoms with Gasteiger partial charge in [-0.3, -0.25) is 0 Å². The third-order valence-electron chi connectivity index (χ3n) is 2.65. The van der Waals surface area contributed by atoms with Crippen LogP contribution >= 0.6 is 11.8 Å². The summed E-state index contributed by atoms with van der Waals surface area (Å²) in [5.74, 6) is 0. The Bertz CT molecular complexity index is 520. The Morgan fingerprint density at radius 3 is 2.47 bits per heavy atom. The van der Waals surface area contributed by atoms with Gasteiger partial charge in [0.25, 0.3) is 0 Å². The van der Waals surface area contributed by atoms with E-state index in [0.29, 0.717) is 6.54 Å². The van der Waals surface area contributed by atoms with E-state index in [4.69, 9.17) is 5.73 Å². The van der Waals surface area contributed by atoms with Gasteiger partial charge < -0.3 is 5.73 Å². The van der Waals surface area contributed by atoms with Crippen LogP contribution in [0.3, 0.4) is 0 Å². The molecule has 2 N–H and O–H groups in total. The maximum atomic E-state index is 5.79. The van der Waals surface area contributed by atoms with Crippen molar-refractivity contribution in [3.8, 4) is 0 Å². The highest BCUT2D eigenvalue weighted by molar-refractivity contribution is 7.99. The van der Waals surface area contributed by atoms with Crippen molar-refractivity contribution in [1.29, 1.82) is 0 Å². The molecule has 0 aliphatic carbocycles. The predicted octanol–water partition coefficient (Wildman–Crippen LogP) is 3.91. The Labute approximate surface area is 107 Å². The molecule has 0 radical (unpaired) electrons. The van der Waals surface area contributed by atoms with Gasteiger partial charge in [-0.15, -0.1) is 0 Å². The summed E-state index contributed by atoms with van der Waals surface area (Å²) in [7, 11) is 0. The quantitative estimate of drug-likeness (QED) is 0.884. The standard InChI is InChI=1S/C15H17NS/c1-11-4-3-5-14(9-11)17-15-7-6-12(2)8-13(15)10-16/h3-9H,10,16H2,1-2H3. The van der Waals surface area contributed by atoms with Crippen LogP contribution in [-0.2, 0) is 6.54 Å². The van der Waals surface area contributed by atoms with E-state index in [1.165, 1.54) is 26.5 Å². The number of nitrogens with two attached hydrogens (primary N) is 1. The maximum Gasteiger partial charge on any atom is 0.0189 e. The molecule has 0 amide bonds. The second-order valence-corrected chi connectivity index (χ2v) is 5.35. The SMILES string of the molecule is Cc1cccc(Sc2ccc(C)cc2CN)c1. The van der Waals surface area contributed by atoms with E-state index < -0.39 is 0 Å². The van der Waals surface area contributed by atoms with E-state index in [1.807, 2.05) is 0 Å². The fourth-order valence-electron chi connectivity index (χ4n) is 1.77. The van der Waals surface area contributed by atoms with Crippen LogP contribution in [0.1, 0.15) is 16.7 Å². The average molecular weight is 243 g/mol. The molecule has 2 aromatic rings. The van der Waals surface area contributed by atoms with Crippen LogP contribution in [0.4, 0.5) is 0 Å². The van der Waals surface area contributed by atoms with Crippen LogP contribution in [-0.4, -0.2) is 0 Å². The van der Waals surface area contributed by atoms with Gasteiger partial charge in [0.2, 0.25) is 0 Å². The van der Waals surface area contributed by atoms with Crippen molar-refractivity contribution >= 4 is 11.8 Å². The predicted molar refractivity (Wildman–Crippen MR) is 74.4 cm³/mol. The van der Waals surface area contributed by atoms with Crippen molar-refractivity contribution in [2.45, 2.75) is 30.2 Å². The van der Waals surface area contributed by atoms with Gasteiger partial charge in [0.1, 0.15) is 0 Å². The molecule has 17 heavy (non-hydrogen) atoms. The summed E-state index contributed by atoms with van der Waals surface area (Å²) in [5.41, 5.74) is 9.56. The number of aryl methyl sites for hydroxylation is 2. The second kappa shape index (κ2) is 5.39. The monoisotopic (exact) mass is 243 g/mol. The van der Waals surface area contributed by atoms with Gasteiger partial charge in [0.15, 0.2) is 0 Å². The van der Waals surface area contributed by atoms with Crippen LogP contribution in [0.5, 0.6) is 0 Å². The second-order valence-electron chi connectivity index (χ2n) is 4.23. The minimum absolute atomic E-state index is 0.593. The van der Waals surface area contributed by atoms with Crippen LogP contribution in [0, 0.1) is 13.8 Å². The van der Waals surface area contributed by atoms with E-state index >= 15 is 0 Å². The number of hydrogen-bond donors (Lipinski definition) is 1.